The Balaban J connectivity index is 1.59. The van der Waals surface area contributed by atoms with Crippen LogP contribution < -0.4 is 10.1 Å². The first-order chi connectivity index (χ1) is 14.4. The van der Waals surface area contributed by atoms with E-state index in [1.54, 1.807) is 7.11 Å². The summed E-state index contributed by atoms with van der Waals surface area (Å²) in [5, 5.41) is 3.95. The van der Waals surface area contributed by atoms with Crippen LogP contribution in [0.3, 0.4) is 0 Å². The molecule has 0 spiro atoms. The Morgan fingerprint density at radius 3 is 2.63 bits per heavy atom. The summed E-state index contributed by atoms with van der Waals surface area (Å²) in [7, 11) is 1.66. The smallest absolute Gasteiger partial charge is 0.226 e. The Morgan fingerprint density at radius 2 is 2.00 bits per heavy atom. The molecule has 158 valence electrons. The van der Waals surface area contributed by atoms with Crippen molar-refractivity contribution in [3.05, 3.63) is 58.4 Å². The molecule has 4 nitrogen and oxygen atoms in total. The summed E-state index contributed by atoms with van der Waals surface area (Å²) < 4.78 is 5.36. The topological polar surface area (TPSA) is 51.2 Å². The molecule has 5 heteroatoms. The minimum absolute atomic E-state index is 0.109. The van der Waals surface area contributed by atoms with Gasteiger partial charge in [-0.2, -0.15) is 0 Å². The Labute approximate surface area is 183 Å². The zero-order chi connectivity index (χ0) is 21.0. The predicted molar refractivity (Wildman–Crippen MR) is 118 cm³/mol. The molecule has 1 amide bonds. The molecular weight excluding hydrogens is 396 g/mol. The first-order valence-corrected chi connectivity index (χ1v) is 11.4. The van der Waals surface area contributed by atoms with Gasteiger partial charge in [0.25, 0.3) is 0 Å². The monoisotopic (exact) mass is 424 g/mol. The molecule has 2 aromatic rings. The van der Waals surface area contributed by atoms with Gasteiger partial charge in [0.1, 0.15) is 5.75 Å². The SMILES string of the molecule is COc1ccc(C2CCC3(C)C(=O)NC(C)C3C2c2ccc(C3CC3)cn2)c(Cl)c1. The minimum atomic E-state index is -0.365. The van der Waals surface area contributed by atoms with Crippen molar-refractivity contribution in [2.75, 3.05) is 7.11 Å². The van der Waals surface area contributed by atoms with E-state index in [1.807, 2.05) is 12.1 Å². The number of carbonyl (C=O) groups excluding carboxylic acids is 1. The van der Waals surface area contributed by atoms with Gasteiger partial charge in [-0.25, -0.2) is 0 Å². The second-order valence-corrected chi connectivity index (χ2v) is 9.96. The van der Waals surface area contributed by atoms with Crippen molar-refractivity contribution in [2.45, 2.75) is 63.3 Å². The van der Waals surface area contributed by atoms with Gasteiger partial charge in [-0.3, -0.25) is 9.78 Å². The second kappa shape index (κ2) is 7.26. The van der Waals surface area contributed by atoms with Crippen LogP contribution in [0.1, 0.15) is 74.1 Å². The van der Waals surface area contributed by atoms with Crippen molar-refractivity contribution in [1.82, 2.24) is 10.3 Å². The third-order valence-electron chi connectivity index (χ3n) is 7.75. The largest absolute Gasteiger partial charge is 0.497 e. The normalized spacial score (nSPS) is 33.1. The highest BCUT2D eigenvalue weighted by Gasteiger charge is 2.58. The van der Waals surface area contributed by atoms with Crippen LogP contribution in [-0.2, 0) is 4.79 Å². The van der Waals surface area contributed by atoms with Crippen molar-refractivity contribution >= 4 is 17.5 Å². The van der Waals surface area contributed by atoms with E-state index in [1.165, 1.54) is 18.4 Å². The van der Waals surface area contributed by atoms with Crippen molar-refractivity contribution in [3.8, 4) is 5.75 Å². The fourth-order valence-corrected chi connectivity index (χ4v) is 6.29. The lowest BCUT2D eigenvalue weighted by atomic mass is 9.56. The molecule has 1 saturated heterocycles. The predicted octanol–water partition coefficient (Wildman–Crippen LogP) is 5.42. The van der Waals surface area contributed by atoms with Crippen LogP contribution in [-0.4, -0.2) is 24.0 Å². The number of hydrogen-bond acceptors (Lipinski definition) is 3. The number of nitrogens with one attached hydrogen (secondary N) is 1. The lowest BCUT2D eigenvalue weighted by molar-refractivity contribution is -0.129. The van der Waals surface area contributed by atoms with Gasteiger partial charge in [0.15, 0.2) is 0 Å². The van der Waals surface area contributed by atoms with E-state index in [0.717, 1.165) is 34.9 Å². The number of amides is 1. The maximum Gasteiger partial charge on any atom is 0.226 e. The van der Waals surface area contributed by atoms with E-state index in [9.17, 15) is 4.79 Å². The molecule has 2 saturated carbocycles. The molecule has 5 atom stereocenters. The number of pyridine rings is 1. The van der Waals surface area contributed by atoms with E-state index in [0.29, 0.717) is 5.92 Å². The molecule has 5 rings (SSSR count). The number of methoxy groups -OCH3 is 1. The standard InChI is InChI=1S/C25H29ClN2O2/c1-14-23-22(21-9-6-16(13-27-21)15-4-5-15)19(10-11-25(23,2)24(29)28-14)18-8-7-17(30-3)12-20(18)26/h6-9,12-15,19,22-23H,4-5,10-11H2,1-3H3,(H,28,29). The summed E-state index contributed by atoms with van der Waals surface area (Å²) in [6, 6.07) is 10.5. The second-order valence-electron chi connectivity index (χ2n) is 9.55. The molecule has 30 heavy (non-hydrogen) atoms. The number of halogens is 1. The maximum atomic E-state index is 12.9. The number of nitrogens with zero attached hydrogens (tertiary/aromatic N) is 1. The van der Waals surface area contributed by atoms with Gasteiger partial charge < -0.3 is 10.1 Å². The summed E-state index contributed by atoms with van der Waals surface area (Å²) in [5.41, 5.74) is 3.18. The van der Waals surface area contributed by atoms with Gasteiger partial charge in [0, 0.05) is 34.8 Å². The third kappa shape index (κ3) is 3.11. The van der Waals surface area contributed by atoms with Crippen LogP contribution in [0.5, 0.6) is 5.75 Å². The Morgan fingerprint density at radius 1 is 1.20 bits per heavy atom. The Kier molecular flexibility index (Phi) is 4.81. The van der Waals surface area contributed by atoms with Crippen LogP contribution in [0.25, 0.3) is 0 Å². The van der Waals surface area contributed by atoms with Crippen LogP contribution in [0.4, 0.5) is 0 Å². The summed E-state index contributed by atoms with van der Waals surface area (Å²) in [6.45, 7) is 4.27. The fraction of sp³-hybridized carbons (Fsp3) is 0.520. The van der Waals surface area contributed by atoms with E-state index in [-0.39, 0.29) is 35.1 Å². The van der Waals surface area contributed by atoms with Crippen molar-refractivity contribution < 1.29 is 9.53 Å². The lowest BCUT2D eigenvalue weighted by Gasteiger charge is -2.45. The van der Waals surface area contributed by atoms with Crippen molar-refractivity contribution in [2.24, 2.45) is 11.3 Å². The van der Waals surface area contributed by atoms with Crippen molar-refractivity contribution in [1.29, 1.82) is 0 Å². The van der Waals surface area contributed by atoms with Gasteiger partial charge in [0.05, 0.1) is 12.5 Å². The average molecular weight is 425 g/mol. The van der Waals surface area contributed by atoms with Crippen LogP contribution >= 0.6 is 11.6 Å². The lowest BCUT2D eigenvalue weighted by Crippen LogP contribution is -2.42. The molecule has 2 heterocycles. The van der Waals surface area contributed by atoms with Crippen LogP contribution in [0, 0.1) is 11.3 Å². The van der Waals surface area contributed by atoms with Crippen molar-refractivity contribution in [3.63, 3.8) is 0 Å². The van der Waals surface area contributed by atoms with Gasteiger partial charge in [-0.05, 0) is 73.8 Å². The van der Waals surface area contributed by atoms with Gasteiger partial charge >= 0.3 is 0 Å². The van der Waals surface area contributed by atoms with E-state index in [2.05, 4.69) is 43.6 Å². The number of fused-ring (bicyclic) bond motifs is 1. The third-order valence-corrected chi connectivity index (χ3v) is 8.08. The zero-order valence-corrected chi connectivity index (χ0v) is 18.6. The molecule has 3 aliphatic rings. The highest BCUT2D eigenvalue weighted by molar-refractivity contribution is 6.31. The molecule has 1 aliphatic heterocycles. The fourth-order valence-electron chi connectivity index (χ4n) is 5.98. The van der Waals surface area contributed by atoms with Gasteiger partial charge in [0.2, 0.25) is 5.91 Å². The first kappa shape index (κ1) is 19.9. The zero-order valence-electron chi connectivity index (χ0n) is 17.8. The highest BCUT2D eigenvalue weighted by atomic mass is 35.5. The summed E-state index contributed by atoms with van der Waals surface area (Å²) in [5.74, 6) is 2.16. The summed E-state index contributed by atoms with van der Waals surface area (Å²) in [6.07, 6.45) is 6.36. The van der Waals surface area contributed by atoms with E-state index in [4.69, 9.17) is 21.3 Å². The molecule has 0 bridgehead atoms. The van der Waals surface area contributed by atoms with Gasteiger partial charge in [-0.1, -0.05) is 30.7 Å². The Bertz CT molecular complexity index is 972. The summed E-state index contributed by atoms with van der Waals surface area (Å²) in [4.78, 5) is 17.8. The molecule has 0 radical (unpaired) electrons. The molecule has 1 aromatic heterocycles. The number of aromatic nitrogens is 1. The first-order valence-electron chi connectivity index (χ1n) is 11.0. The maximum absolute atomic E-state index is 12.9. The summed E-state index contributed by atoms with van der Waals surface area (Å²) >= 11 is 6.73. The molecule has 1 aromatic carbocycles. The number of rotatable bonds is 4. The number of ether oxygens (including phenoxy) is 1. The number of hydrogen-bond donors (Lipinski definition) is 1. The average Bonchev–Trinajstić information content (AvgIpc) is 3.56. The molecular formula is C25H29ClN2O2. The minimum Gasteiger partial charge on any atom is -0.497 e. The molecule has 1 N–H and O–H groups in total. The van der Waals surface area contributed by atoms with Gasteiger partial charge in [-0.15, -0.1) is 0 Å². The van der Waals surface area contributed by atoms with Crippen LogP contribution in [0.15, 0.2) is 36.5 Å². The van der Waals surface area contributed by atoms with Crippen LogP contribution in [0.2, 0.25) is 5.02 Å². The van der Waals surface area contributed by atoms with E-state index >= 15 is 0 Å². The number of carbonyl (C=O) groups is 1. The molecule has 2 aliphatic carbocycles. The number of benzene rings is 1. The Hall–Kier alpha value is -2.07. The molecule has 5 unspecified atom stereocenters. The van der Waals surface area contributed by atoms with E-state index < -0.39 is 0 Å². The molecule has 3 fully saturated rings. The quantitative estimate of drug-likeness (QED) is 0.712. The highest BCUT2D eigenvalue weighted by Crippen LogP contribution is 2.59.